The first-order valence-electron chi connectivity index (χ1n) is 11.0. The molecule has 0 fully saturated rings. The maximum atomic E-state index is 13.3. The third-order valence-corrected chi connectivity index (χ3v) is 6.86. The van der Waals surface area contributed by atoms with Crippen LogP contribution in [0.1, 0.15) is 58.2 Å². The number of aromatic nitrogens is 3. The molecule has 35 heavy (non-hydrogen) atoms. The van der Waals surface area contributed by atoms with E-state index in [1.807, 2.05) is 13.8 Å². The SMILES string of the molecule is CCOC(=O)c1cc(C(O)c2sc3c(c2C(=O)N(C)OC)c(=O)n(C)c(=O)n3CC(C)C)cn1C. The van der Waals surface area contributed by atoms with Gasteiger partial charge in [0.05, 0.1) is 29.5 Å². The largest absolute Gasteiger partial charge is 0.461 e. The number of amides is 1. The van der Waals surface area contributed by atoms with E-state index in [9.17, 15) is 24.3 Å². The molecule has 0 saturated carbocycles. The Labute approximate surface area is 205 Å². The lowest BCUT2D eigenvalue weighted by Crippen LogP contribution is -2.39. The van der Waals surface area contributed by atoms with Crippen molar-refractivity contribution in [3.63, 3.8) is 0 Å². The number of carbonyl (C=O) groups excluding carboxylic acids is 2. The molecule has 0 aliphatic carbocycles. The van der Waals surface area contributed by atoms with E-state index in [2.05, 4.69) is 0 Å². The number of hydroxylamine groups is 2. The van der Waals surface area contributed by atoms with Crippen LogP contribution in [0.3, 0.4) is 0 Å². The number of aliphatic hydroxyl groups excluding tert-OH is 1. The summed E-state index contributed by atoms with van der Waals surface area (Å²) < 4.78 is 8.98. The van der Waals surface area contributed by atoms with Gasteiger partial charge in [-0.3, -0.25) is 23.6 Å². The zero-order valence-electron chi connectivity index (χ0n) is 20.8. The van der Waals surface area contributed by atoms with Crippen LogP contribution in [-0.2, 0) is 30.2 Å². The molecule has 0 saturated heterocycles. The highest BCUT2D eigenvalue weighted by atomic mass is 32.1. The first kappa shape index (κ1) is 26.4. The molecule has 12 heteroatoms. The van der Waals surface area contributed by atoms with Gasteiger partial charge in [-0.2, -0.15) is 0 Å². The first-order valence-corrected chi connectivity index (χ1v) is 11.9. The zero-order chi connectivity index (χ0) is 26.2. The Kier molecular flexibility index (Phi) is 7.68. The minimum Gasteiger partial charge on any atom is -0.461 e. The third-order valence-electron chi connectivity index (χ3n) is 5.59. The normalized spacial score (nSPS) is 12.4. The van der Waals surface area contributed by atoms with Crippen molar-refractivity contribution < 1.29 is 24.3 Å². The molecule has 1 N–H and O–H groups in total. The van der Waals surface area contributed by atoms with Crippen LogP contribution in [0.5, 0.6) is 0 Å². The van der Waals surface area contributed by atoms with Crippen molar-refractivity contribution in [2.75, 3.05) is 20.8 Å². The lowest BCUT2D eigenvalue weighted by molar-refractivity contribution is -0.0756. The second-order valence-electron chi connectivity index (χ2n) is 8.55. The molecule has 0 aliphatic heterocycles. The predicted molar refractivity (Wildman–Crippen MR) is 131 cm³/mol. The fourth-order valence-corrected chi connectivity index (χ4v) is 5.12. The molecule has 0 spiro atoms. The number of hydrogen-bond acceptors (Lipinski definition) is 8. The topological polar surface area (TPSA) is 125 Å². The molecule has 0 radical (unpaired) electrons. The fraction of sp³-hybridized carbons (Fsp3) is 0.478. The Balaban J connectivity index is 2.35. The molecule has 3 rings (SSSR count). The van der Waals surface area contributed by atoms with E-state index in [0.717, 1.165) is 21.0 Å². The number of rotatable bonds is 8. The van der Waals surface area contributed by atoms with Gasteiger partial charge in [-0.1, -0.05) is 13.8 Å². The molecular weight excluding hydrogens is 476 g/mol. The van der Waals surface area contributed by atoms with E-state index < -0.39 is 29.2 Å². The molecule has 1 amide bonds. The monoisotopic (exact) mass is 506 g/mol. The second kappa shape index (κ2) is 10.2. The van der Waals surface area contributed by atoms with Crippen molar-refractivity contribution in [1.82, 2.24) is 18.8 Å². The molecule has 0 bridgehead atoms. The van der Waals surface area contributed by atoms with Crippen LogP contribution < -0.4 is 11.2 Å². The maximum Gasteiger partial charge on any atom is 0.354 e. The number of esters is 1. The molecule has 3 aromatic heterocycles. The summed E-state index contributed by atoms with van der Waals surface area (Å²) in [6.07, 6.45) is 0.188. The Morgan fingerprint density at radius 1 is 1.23 bits per heavy atom. The minimum atomic E-state index is -1.36. The van der Waals surface area contributed by atoms with Crippen LogP contribution in [0.2, 0.25) is 0 Å². The van der Waals surface area contributed by atoms with Gasteiger partial charge in [0.1, 0.15) is 16.6 Å². The second-order valence-corrected chi connectivity index (χ2v) is 9.58. The summed E-state index contributed by atoms with van der Waals surface area (Å²) in [6.45, 7) is 6.05. The summed E-state index contributed by atoms with van der Waals surface area (Å²) in [5, 5.41) is 12.3. The molecule has 1 atom stereocenters. The average Bonchev–Trinajstić information content (AvgIpc) is 3.40. The molecule has 3 heterocycles. The smallest absolute Gasteiger partial charge is 0.354 e. The first-order chi connectivity index (χ1) is 16.4. The number of fused-ring (bicyclic) bond motifs is 1. The maximum absolute atomic E-state index is 13.3. The summed E-state index contributed by atoms with van der Waals surface area (Å²) in [5.74, 6) is -1.13. The van der Waals surface area contributed by atoms with Gasteiger partial charge in [0.2, 0.25) is 0 Å². The lowest BCUT2D eigenvalue weighted by Gasteiger charge is -2.16. The van der Waals surface area contributed by atoms with Gasteiger partial charge in [0.25, 0.3) is 11.5 Å². The molecular formula is C23H30N4O7S. The Bertz CT molecular complexity index is 1400. The zero-order valence-corrected chi connectivity index (χ0v) is 21.6. The Morgan fingerprint density at radius 3 is 2.46 bits per heavy atom. The van der Waals surface area contributed by atoms with Gasteiger partial charge in [-0.05, 0) is 18.9 Å². The highest BCUT2D eigenvalue weighted by Gasteiger charge is 2.32. The highest BCUT2D eigenvalue weighted by Crippen LogP contribution is 2.37. The number of thiophene rings is 1. The van der Waals surface area contributed by atoms with E-state index in [1.54, 1.807) is 20.2 Å². The van der Waals surface area contributed by atoms with Gasteiger partial charge in [0, 0.05) is 39.4 Å². The van der Waals surface area contributed by atoms with Gasteiger partial charge in [-0.25, -0.2) is 14.7 Å². The molecule has 0 aromatic carbocycles. The van der Waals surface area contributed by atoms with E-state index in [0.29, 0.717) is 12.1 Å². The van der Waals surface area contributed by atoms with Crippen LogP contribution in [0.25, 0.3) is 10.2 Å². The summed E-state index contributed by atoms with van der Waals surface area (Å²) in [5.41, 5.74) is -0.668. The summed E-state index contributed by atoms with van der Waals surface area (Å²) in [4.78, 5) is 57.3. The highest BCUT2D eigenvalue weighted by molar-refractivity contribution is 7.19. The fourth-order valence-electron chi connectivity index (χ4n) is 3.82. The van der Waals surface area contributed by atoms with Crippen LogP contribution in [0.4, 0.5) is 0 Å². The molecule has 1 unspecified atom stereocenters. The van der Waals surface area contributed by atoms with Crippen molar-refractivity contribution in [2.24, 2.45) is 20.0 Å². The van der Waals surface area contributed by atoms with E-state index in [4.69, 9.17) is 9.57 Å². The van der Waals surface area contributed by atoms with Gasteiger partial charge >= 0.3 is 11.7 Å². The number of aryl methyl sites for hydroxylation is 1. The Morgan fingerprint density at radius 2 is 1.89 bits per heavy atom. The van der Waals surface area contributed by atoms with Crippen molar-refractivity contribution in [3.8, 4) is 0 Å². The molecule has 3 aromatic rings. The number of carbonyl (C=O) groups is 2. The van der Waals surface area contributed by atoms with Crippen molar-refractivity contribution in [3.05, 3.63) is 54.8 Å². The summed E-state index contributed by atoms with van der Waals surface area (Å²) in [6, 6.07) is 1.47. The van der Waals surface area contributed by atoms with Gasteiger partial charge < -0.3 is 14.4 Å². The van der Waals surface area contributed by atoms with Gasteiger partial charge in [-0.15, -0.1) is 11.3 Å². The number of nitrogens with zero attached hydrogens (tertiary/aromatic N) is 4. The molecule has 11 nitrogen and oxygen atoms in total. The third kappa shape index (κ3) is 4.68. The van der Waals surface area contributed by atoms with Crippen LogP contribution >= 0.6 is 11.3 Å². The quantitative estimate of drug-likeness (QED) is 0.364. The summed E-state index contributed by atoms with van der Waals surface area (Å²) >= 11 is 0.994. The molecule has 0 aliphatic rings. The average molecular weight is 507 g/mol. The van der Waals surface area contributed by atoms with Crippen molar-refractivity contribution >= 4 is 33.4 Å². The molecule has 190 valence electrons. The lowest BCUT2D eigenvalue weighted by atomic mass is 10.0. The number of aliphatic hydroxyl groups is 1. The van der Waals surface area contributed by atoms with Crippen LogP contribution in [0, 0.1) is 5.92 Å². The minimum absolute atomic E-state index is 0.0299. The van der Waals surface area contributed by atoms with E-state index in [1.165, 1.54) is 36.4 Å². The number of ether oxygens (including phenoxy) is 1. The van der Waals surface area contributed by atoms with Crippen LogP contribution in [-0.4, -0.2) is 56.5 Å². The summed E-state index contributed by atoms with van der Waals surface area (Å²) in [7, 11) is 5.68. The van der Waals surface area contributed by atoms with Crippen molar-refractivity contribution in [2.45, 2.75) is 33.4 Å². The standard InChI is InChI=1S/C23H30N4O7S/c1-8-34-22(31)14-9-13(11-24(14)4)17(28)18-15(20(30)26(6)33-7)16-19(29)25(5)23(32)27(10-12(2)3)21(16)35-18/h9,11-12,17,28H,8,10H2,1-7H3. The number of hydrogen-bond donors (Lipinski definition) is 1. The van der Waals surface area contributed by atoms with E-state index in [-0.39, 0.29) is 38.9 Å². The predicted octanol–water partition coefficient (Wildman–Crippen LogP) is 1.65. The van der Waals surface area contributed by atoms with Gasteiger partial charge in [0.15, 0.2) is 0 Å². The van der Waals surface area contributed by atoms with E-state index >= 15 is 0 Å². The Hall–Kier alpha value is -3.22. The van der Waals surface area contributed by atoms with Crippen molar-refractivity contribution in [1.29, 1.82) is 0 Å². The van der Waals surface area contributed by atoms with Crippen LogP contribution in [0.15, 0.2) is 21.9 Å².